The number of benzene rings is 2. The lowest BCUT2D eigenvalue weighted by Gasteiger charge is -2.34. The molecule has 0 bridgehead atoms. The lowest BCUT2D eigenvalue weighted by molar-refractivity contribution is 0.0827. The maximum absolute atomic E-state index is 12.6. The number of hydrogen-bond donors (Lipinski definition) is 1. The Morgan fingerprint density at radius 2 is 1.82 bits per heavy atom. The Labute approximate surface area is 198 Å². The van der Waals surface area contributed by atoms with Crippen LogP contribution >= 0.6 is 11.6 Å². The van der Waals surface area contributed by atoms with Crippen LogP contribution in [0.4, 0.5) is 10.5 Å². The van der Waals surface area contributed by atoms with Crippen molar-refractivity contribution in [1.29, 1.82) is 0 Å². The second kappa shape index (κ2) is 9.41. The Morgan fingerprint density at radius 1 is 1.09 bits per heavy atom. The average molecular weight is 469 g/mol. The van der Waals surface area contributed by atoms with E-state index in [2.05, 4.69) is 14.8 Å². The number of carbonyl (C=O) groups excluding carboxylic acids is 2. The van der Waals surface area contributed by atoms with Gasteiger partial charge in [-0.15, -0.1) is 0 Å². The smallest absolute Gasteiger partial charge is 0.321 e. The molecule has 0 atom stereocenters. The first-order valence-corrected chi connectivity index (χ1v) is 11.3. The van der Waals surface area contributed by atoms with Gasteiger partial charge in [0.1, 0.15) is 5.82 Å². The van der Waals surface area contributed by atoms with Crippen molar-refractivity contribution < 1.29 is 9.59 Å². The van der Waals surface area contributed by atoms with Crippen molar-refractivity contribution in [2.75, 3.05) is 45.6 Å². The highest BCUT2D eigenvalue weighted by Crippen LogP contribution is 2.21. The summed E-state index contributed by atoms with van der Waals surface area (Å²) in [7, 11) is 5.48. The Morgan fingerprint density at radius 3 is 2.48 bits per heavy atom. The molecule has 1 N–H and O–H groups in total. The number of urea groups is 1. The van der Waals surface area contributed by atoms with Crippen LogP contribution in [0, 0.1) is 6.92 Å². The number of anilines is 1. The van der Waals surface area contributed by atoms with E-state index in [-0.39, 0.29) is 11.9 Å². The van der Waals surface area contributed by atoms with Crippen LogP contribution in [0.3, 0.4) is 0 Å². The summed E-state index contributed by atoms with van der Waals surface area (Å²) in [5.41, 5.74) is 4.12. The first kappa shape index (κ1) is 23.1. The summed E-state index contributed by atoms with van der Waals surface area (Å²) in [6.07, 6.45) is 0. The van der Waals surface area contributed by atoms with E-state index >= 15 is 0 Å². The maximum Gasteiger partial charge on any atom is 0.321 e. The van der Waals surface area contributed by atoms with Crippen LogP contribution in [0.2, 0.25) is 5.02 Å². The predicted octanol–water partition coefficient (Wildman–Crippen LogP) is 3.59. The molecule has 1 saturated heterocycles. The number of aryl methyl sites for hydroxylation is 2. The number of aromatic nitrogens is 2. The van der Waals surface area contributed by atoms with E-state index in [4.69, 9.17) is 16.6 Å². The Kier molecular flexibility index (Phi) is 6.58. The monoisotopic (exact) mass is 468 g/mol. The van der Waals surface area contributed by atoms with E-state index in [1.54, 1.807) is 25.1 Å². The SMILES string of the molecule is Cc1ccc(NC(=O)N2CCN(Cc3nc4cc(C(=O)N(C)C)ccc4n3C)CC2)cc1Cl. The van der Waals surface area contributed by atoms with Crippen LogP contribution in [0.5, 0.6) is 0 Å². The summed E-state index contributed by atoms with van der Waals surface area (Å²) in [4.78, 5) is 35.4. The highest BCUT2D eigenvalue weighted by molar-refractivity contribution is 6.31. The molecule has 3 aromatic rings. The molecule has 2 aromatic carbocycles. The Hall–Kier alpha value is -3.10. The van der Waals surface area contributed by atoms with Gasteiger partial charge < -0.3 is 19.7 Å². The van der Waals surface area contributed by atoms with Gasteiger partial charge in [-0.3, -0.25) is 9.69 Å². The third-order valence-electron chi connectivity index (χ3n) is 6.07. The maximum atomic E-state index is 12.6. The molecule has 2 heterocycles. The number of rotatable bonds is 4. The fraction of sp³-hybridized carbons (Fsp3) is 0.375. The lowest BCUT2D eigenvalue weighted by Crippen LogP contribution is -2.49. The van der Waals surface area contributed by atoms with Gasteiger partial charge in [-0.25, -0.2) is 9.78 Å². The van der Waals surface area contributed by atoms with Gasteiger partial charge in [-0.05, 0) is 42.8 Å². The van der Waals surface area contributed by atoms with Gasteiger partial charge in [0, 0.05) is 63.6 Å². The molecule has 9 heteroatoms. The molecule has 3 amide bonds. The first-order chi connectivity index (χ1) is 15.7. The summed E-state index contributed by atoms with van der Waals surface area (Å²) >= 11 is 6.16. The molecule has 1 aliphatic rings. The van der Waals surface area contributed by atoms with Gasteiger partial charge in [0.2, 0.25) is 0 Å². The van der Waals surface area contributed by atoms with Crippen LogP contribution in [0.15, 0.2) is 36.4 Å². The van der Waals surface area contributed by atoms with E-state index in [9.17, 15) is 9.59 Å². The zero-order chi connectivity index (χ0) is 23.7. The minimum absolute atomic E-state index is 0.0357. The third kappa shape index (κ3) is 4.96. The van der Waals surface area contributed by atoms with E-state index in [1.165, 1.54) is 0 Å². The predicted molar refractivity (Wildman–Crippen MR) is 131 cm³/mol. The standard InChI is InChI=1S/C24H29ClN6O2/c1-16-5-7-18(14-19(16)25)26-24(33)31-11-9-30(10-12-31)15-22-27-20-13-17(23(32)28(2)3)6-8-21(20)29(22)4/h5-8,13-14H,9-12,15H2,1-4H3,(H,26,33). The highest BCUT2D eigenvalue weighted by Gasteiger charge is 2.23. The number of nitrogens with zero attached hydrogens (tertiary/aromatic N) is 5. The molecule has 1 fully saturated rings. The second-order valence-corrected chi connectivity index (χ2v) is 9.05. The fourth-order valence-corrected chi connectivity index (χ4v) is 4.15. The molecule has 4 rings (SSSR count). The quantitative estimate of drug-likeness (QED) is 0.635. The number of carbonyl (C=O) groups is 2. The van der Waals surface area contributed by atoms with Crippen molar-refractivity contribution in [3.8, 4) is 0 Å². The highest BCUT2D eigenvalue weighted by atomic mass is 35.5. The van der Waals surface area contributed by atoms with Gasteiger partial charge in [-0.2, -0.15) is 0 Å². The van der Waals surface area contributed by atoms with Crippen LogP contribution in [-0.2, 0) is 13.6 Å². The molecule has 0 radical (unpaired) electrons. The normalized spacial score (nSPS) is 14.5. The van der Waals surface area contributed by atoms with E-state index in [0.29, 0.717) is 35.9 Å². The molecule has 174 valence electrons. The minimum atomic E-state index is -0.115. The topological polar surface area (TPSA) is 73.7 Å². The summed E-state index contributed by atoms with van der Waals surface area (Å²) in [5.74, 6) is 0.901. The van der Waals surface area contributed by atoms with E-state index in [0.717, 1.165) is 35.5 Å². The molecule has 33 heavy (non-hydrogen) atoms. The Balaban J connectivity index is 1.37. The molecular formula is C24H29ClN6O2. The number of halogens is 1. The number of fused-ring (bicyclic) bond motifs is 1. The van der Waals surface area contributed by atoms with Gasteiger partial charge in [0.05, 0.1) is 17.6 Å². The van der Waals surface area contributed by atoms with Crippen molar-refractivity contribution in [3.63, 3.8) is 0 Å². The molecule has 0 unspecified atom stereocenters. The summed E-state index contributed by atoms with van der Waals surface area (Å²) in [6.45, 7) is 5.41. The number of amides is 3. The molecular weight excluding hydrogens is 440 g/mol. The first-order valence-electron chi connectivity index (χ1n) is 10.9. The molecule has 0 aliphatic carbocycles. The summed E-state index contributed by atoms with van der Waals surface area (Å²) in [6, 6.07) is 11.0. The van der Waals surface area contributed by atoms with Gasteiger partial charge >= 0.3 is 6.03 Å². The summed E-state index contributed by atoms with van der Waals surface area (Å²) < 4.78 is 2.07. The Bertz CT molecular complexity index is 1200. The number of nitrogens with one attached hydrogen (secondary N) is 1. The fourth-order valence-electron chi connectivity index (χ4n) is 3.96. The van der Waals surface area contributed by atoms with Crippen LogP contribution in [-0.4, -0.2) is 76.5 Å². The van der Waals surface area contributed by atoms with Crippen LogP contribution < -0.4 is 5.32 Å². The van der Waals surface area contributed by atoms with Crippen LogP contribution in [0.25, 0.3) is 11.0 Å². The average Bonchev–Trinajstić information content (AvgIpc) is 3.10. The summed E-state index contributed by atoms with van der Waals surface area (Å²) in [5, 5.41) is 3.57. The van der Waals surface area contributed by atoms with E-state index < -0.39 is 0 Å². The van der Waals surface area contributed by atoms with E-state index in [1.807, 2.05) is 49.2 Å². The van der Waals surface area contributed by atoms with Gasteiger partial charge in [-0.1, -0.05) is 17.7 Å². The molecule has 0 saturated carbocycles. The lowest BCUT2D eigenvalue weighted by atomic mass is 10.2. The molecule has 0 spiro atoms. The molecule has 1 aromatic heterocycles. The van der Waals surface area contributed by atoms with Gasteiger partial charge in [0.15, 0.2) is 0 Å². The van der Waals surface area contributed by atoms with Crippen molar-refractivity contribution in [1.82, 2.24) is 24.3 Å². The van der Waals surface area contributed by atoms with Crippen molar-refractivity contribution in [3.05, 3.63) is 58.4 Å². The van der Waals surface area contributed by atoms with Crippen molar-refractivity contribution in [2.45, 2.75) is 13.5 Å². The number of piperazine rings is 1. The minimum Gasteiger partial charge on any atom is -0.345 e. The largest absolute Gasteiger partial charge is 0.345 e. The number of imidazole rings is 1. The zero-order valence-corrected chi connectivity index (χ0v) is 20.2. The zero-order valence-electron chi connectivity index (χ0n) is 19.4. The van der Waals surface area contributed by atoms with Crippen molar-refractivity contribution in [2.24, 2.45) is 7.05 Å². The second-order valence-electron chi connectivity index (χ2n) is 8.65. The van der Waals surface area contributed by atoms with Crippen LogP contribution in [0.1, 0.15) is 21.7 Å². The molecule has 8 nitrogen and oxygen atoms in total. The number of hydrogen-bond acceptors (Lipinski definition) is 4. The van der Waals surface area contributed by atoms with Crippen molar-refractivity contribution >= 4 is 40.3 Å². The third-order valence-corrected chi connectivity index (χ3v) is 6.48. The molecule has 1 aliphatic heterocycles. The van der Waals surface area contributed by atoms with Gasteiger partial charge in [0.25, 0.3) is 5.91 Å².